The van der Waals surface area contributed by atoms with Gasteiger partial charge >= 0.3 is 0 Å². The lowest BCUT2D eigenvalue weighted by molar-refractivity contribution is 0.357. The Morgan fingerprint density at radius 1 is 1.00 bits per heavy atom. The predicted molar refractivity (Wildman–Crippen MR) is 69.4 cm³/mol. The molecule has 0 bridgehead atoms. The Morgan fingerprint density at radius 2 is 1.71 bits per heavy atom. The van der Waals surface area contributed by atoms with E-state index < -0.39 is 10.0 Å². The minimum absolute atomic E-state index is 0.218. The Labute approximate surface area is 105 Å². The molecular formula is C12H24N2O2S. The lowest BCUT2D eigenvalue weighted by atomic mass is 9.90. The van der Waals surface area contributed by atoms with Crippen molar-refractivity contribution in [3.8, 4) is 0 Å². The second-order valence-electron chi connectivity index (χ2n) is 5.40. The van der Waals surface area contributed by atoms with Gasteiger partial charge in [0.1, 0.15) is 0 Å². The van der Waals surface area contributed by atoms with Crippen molar-refractivity contribution in [2.75, 3.05) is 18.8 Å². The first-order valence-corrected chi connectivity index (χ1v) is 8.52. The molecule has 0 aromatic rings. The summed E-state index contributed by atoms with van der Waals surface area (Å²) in [5, 5.41) is 3.23. The van der Waals surface area contributed by atoms with Crippen LogP contribution in [0.2, 0.25) is 0 Å². The molecule has 0 aliphatic heterocycles. The average molecular weight is 260 g/mol. The molecule has 2 rings (SSSR count). The molecule has 17 heavy (non-hydrogen) atoms. The SMILES string of the molecule is O=S(=O)(CCNC1CC1)NCC1CCCCC1. The van der Waals surface area contributed by atoms with E-state index in [2.05, 4.69) is 10.0 Å². The van der Waals surface area contributed by atoms with Crippen LogP contribution < -0.4 is 10.0 Å². The fourth-order valence-corrected chi connectivity index (χ4v) is 3.41. The molecule has 2 aliphatic carbocycles. The van der Waals surface area contributed by atoms with Crippen molar-refractivity contribution in [3.63, 3.8) is 0 Å². The monoisotopic (exact) mass is 260 g/mol. The fraction of sp³-hybridized carbons (Fsp3) is 1.00. The van der Waals surface area contributed by atoms with E-state index in [-0.39, 0.29) is 5.75 Å². The molecule has 0 aromatic carbocycles. The summed E-state index contributed by atoms with van der Waals surface area (Å²) >= 11 is 0. The summed E-state index contributed by atoms with van der Waals surface area (Å²) in [6, 6.07) is 0.587. The quantitative estimate of drug-likeness (QED) is 0.724. The van der Waals surface area contributed by atoms with Crippen LogP contribution in [0.25, 0.3) is 0 Å². The van der Waals surface area contributed by atoms with Crippen LogP contribution in [0.1, 0.15) is 44.9 Å². The van der Waals surface area contributed by atoms with Crippen LogP contribution in [0.5, 0.6) is 0 Å². The highest BCUT2D eigenvalue weighted by molar-refractivity contribution is 7.89. The Balaban J connectivity index is 1.61. The summed E-state index contributed by atoms with van der Waals surface area (Å²) in [6.45, 7) is 1.23. The topological polar surface area (TPSA) is 58.2 Å². The maximum absolute atomic E-state index is 11.7. The van der Waals surface area contributed by atoms with Crippen LogP contribution in [0.3, 0.4) is 0 Å². The maximum atomic E-state index is 11.7. The van der Waals surface area contributed by atoms with Gasteiger partial charge in [-0.1, -0.05) is 19.3 Å². The highest BCUT2D eigenvalue weighted by Crippen LogP contribution is 2.22. The van der Waals surface area contributed by atoms with Crippen LogP contribution in [0.15, 0.2) is 0 Å². The largest absolute Gasteiger partial charge is 0.313 e. The van der Waals surface area contributed by atoms with E-state index in [0.717, 1.165) is 0 Å². The third kappa shape index (κ3) is 5.36. The van der Waals surface area contributed by atoms with Gasteiger partial charge < -0.3 is 5.32 Å². The molecule has 0 amide bonds. The van der Waals surface area contributed by atoms with E-state index >= 15 is 0 Å². The van der Waals surface area contributed by atoms with Gasteiger partial charge in [-0.25, -0.2) is 13.1 Å². The predicted octanol–water partition coefficient (Wildman–Crippen LogP) is 1.24. The van der Waals surface area contributed by atoms with Gasteiger partial charge in [-0.3, -0.25) is 0 Å². The average Bonchev–Trinajstić information content (AvgIpc) is 3.12. The first-order valence-electron chi connectivity index (χ1n) is 6.86. The normalized spacial score (nSPS) is 22.8. The van der Waals surface area contributed by atoms with Gasteiger partial charge in [-0.05, 0) is 31.6 Å². The van der Waals surface area contributed by atoms with Crippen molar-refractivity contribution < 1.29 is 8.42 Å². The summed E-state index contributed by atoms with van der Waals surface area (Å²) in [4.78, 5) is 0. The van der Waals surface area contributed by atoms with Crippen molar-refractivity contribution in [3.05, 3.63) is 0 Å². The molecule has 0 radical (unpaired) electrons. The van der Waals surface area contributed by atoms with Gasteiger partial charge in [0.25, 0.3) is 0 Å². The highest BCUT2D eigenvalue weighted by Gasteiger charge is 2.21. The Hall–Kier alpha value is -0.130. The lowest BCUT2D eigenvalue weighted by Gasteiger charge is -2.21. The van der Waals surface area contributed by atoms with Gasteiger partial charge in [0.15, 0.2) is 0 Å². The molecule has 0 aromatic heterocycles. The van der Waals surface area contributed by atoms with E-state index in [1.807, 2.05) is 0 Å². The Kier molecular flexibility index (Phi) is 4.82. The van der Waals surface area contributed by atoms with E-state index in [9.17, 15) is 8.42 Å². The van der Waals surface area contributed by atoms with Crippen molar-refractivity contribution in [2.24, 2.45) is 5.92 Å². The summed E-state index contributed by atoms with van der Waals surface area (Å²) in [5.74, 6) is 0.783. The third-order valence-electron chi connectivity index (χ3n) is 3.70. The van der Waals surface area contributed by atoms with Gasteiger partial charge in [0.05, 0.1) is 5.75 Å². The zero-order chi connectivity index (χ0) is 12.1. The van der Waals surface area contributed by atoms with E-state index in [0.29, 0.717) is 25.0 Å². The molecule has 0 saturated heterocycles. The summed E-state index contributed by atoms with van der Waals surface area (Å²) in [5.41, 5.74) is 0. The Bertz CT molecular complexity index is 319. The number of rotatable bonds is 7. The fourth-order valence-electron chi connectivity index (χ4n) is 2.39. The number of hydrogen-bond donors (Lipinski definition) is 2. The molecule has 2 fully saturated rings. The second-order valence-corrected chi connectivity index (χ2v) is 7.33. The molecule has 5 heteroatoms. The minimum Gasteiger partial charge on any atom is -0.313 e. The molecule has 0 atom stereocenters. The van der Waals surface area contributed by atoms with Gasteiger partial charge in [-0.2, -0.15) is 0 Å². The standard InChI is InChI=1S/C12H24N2O2S/c15-17(16,9-8-13-12-6-7-12)14-10-11-4-2-1-3-5-11/h11-14H,1-10H2. The first-order chi connectivity index (χ1) is 8.16. The van der Waals surface area contributed by atoms with E-state index in [1.54, 1.807) is 0 Å². The maximum Gasteiger partial charge on any atom is 0.212 e. The van der Waals surface area contributed by atoms with Crippen LogP contribution in [0, 0.1) is 5.92 Å². The minimum atomic E-state index is -3.06. The van der Waals surface area contributed by atoms with Crippen LogP contribution in [-0.4, -0.2) is 33.3 Å². The van der Waals surface area contributed by atoms with Gasteiger partial charge in [0, 0.05) is 19.1 Å². The van der Waals surface area contributed by atoms with Crippen molar-refractivity contribution in [2.45, 2.75) is 51.0 Å². The van der Waals surface area contributed by atoms with Crippen molar-refractivity contribution >= 4 is 10.0 Å². The zero-order valence-corrected chi connectivity index (χ0v) is 11.3. The molecule has 2 saturated carbocycles. The van der Waals surface area contributed by atoms with Crippen LogP contribution >= 0.6 is 0 Å². The lowest BCUT2D eigenvalue weighted by Crippen LogP contribution is -2.35. The van der Waals surface area contributed by atoms with Gasteiger partial charge in [0.2, 0.25) is 10.0 Å². The summed E-state index contributed by atoms with van der Waals surface area (Å²) in [6.07, 6.45) is 8.61. The zero-order valence-electron chi connectivity index (χ0n) is 10.5. The van der Waals surface area contributed by atoms with Crippen LogP contribution in [-0.2, 0) is 10.0 Å². The van der Waals surface area contributed by atoms with Crippen molar-refractivity contribution in [1.82, 2.24) is 10.0 Å². The molecule has 2 aliphatic rings. The molecule has 0 heterocycles. The molecule has 4 nitrogen and oxygen atoms in total. The molecular weight excluding hydrogens is 236 g/mol. The molecule has 2 N–H and O–H groups in total. The smallest absolute Gasteiger partial charge is 0.212 e. The Morgan fingerprint density at radius 3 is 2.35 bits per heavy atom. The number of hydrogen-bond acceptors (Lipinski definition) is 3. The van der Waals surface area contributed by atoms with Gasteiger partial charge in [-0.15, -0.1) is 0 Å². The number of nitrogens with one attached hydrogen (secondary N) is 2. The molecule has 100 valence electrons. The number of sulfonamides is 1. The molecule has 0 unspecified atom stereocenters. The van der Waals surface area contributed by atoms with E-state index in [4.69, 9.17) is 0 Å². The van der Waals surface area contributed by atoms with Crippen LogP contribution in [0.4, 0.5) is 0 Å². The first kappa shape index (κ1) is 13.3. The third-order valence-corrected chi connectivity index (χ3v) is 5.05. The second kappa shape index (κ2) is 6.16. The summed E-state index contributed by atoms with van der Waals surface area (Å²) < 4.78 is 26.2. The van der Waals surface area contributed by atoms with Crippen molar-refractivity contribution in [1.29, 1.82) is 0 Å². The highest BCUT2D eigenvalue weighted by atomic mass is 32.2. The molecule has 0 spiro atoms. The summed E-state index contributed by atoms with van der Waals surface area (Å²) in [7, 11) is -3.06. The van der Waals surface area contributed by atoms with E-state index in [1.165, 1.54) is 44.9 Å².